The molecule has 140 valence electrons. The standard InChI is InChI=1S/C21H22ClN3OS/c1-3-6-19-20(26)25(14-17-8-5-4-7-15(17)2)21(27-19)24-23-13-16-9-11-18(22)12-10-16/h4-5,7-13,19H,3,6,14H2,1-2H3/b23-13-,24-21-/t19-/m0/s1. The lowest BCUT2D eigenvalue weighted by atomic mass is 10.1. The fraction of sp³-hybridized carbons (Fsp3) is 0.286. The van der Waals surface area contributed by atoms with Gasteiger partial charge in [-0.25, -0.2) is 0 Å². The van der Waals surface area contributed by atoms with Gasteiger partial charge < -0.3 is 0 Å². The fourth-order valence-corrected chi connectivity index (χ4v) is 4.17. The van der Waals surface area contributed by atoms with E-state index in [1.807, 2.05) is 36.4 Å². The van der Waals surface area contributed by atoms with Crippen molar-refractivity contribution in [2.45, 2.75) is 38.5 Å². The van der Waals surface area contributed by atoms with Crippen LogP contribution in [0.3, 0.4) is 0 Å². The Hall–Kier alpha value is -2.11. The van der Waals surface area contributed by atoms with Crippen LogP contribution in [-0.2, 0) is 11.3 Å². The lowest BCUT2D eigenvalue weighted by Crippen LogP contribution is -2.31. The molecule has 1 fully saturated rings. The van der Waals surface area contributed by atoms with Crippen LogP contribution in [0, 0.1) is 6.92 Å². The Bertz CT molecular complexity index is 864. The van der Waals surface area contributed by atoms with E-state index >= 15 is 0 Å². The smallest absolute Gasteiger partial charge is 0.242 e. The minimum absolute atomic E-state index is 0.0801. The molecule has 2 aromatic carbocycles. The average molecular weight is 400 g/mol. The van der Waals surface area contributed by atoms with Crippen molar-refractivity contribution in [2.75, 3.05) is 0 Å². The summed E-state index contributed by atoms with van der Waals surface area (Å²) in [7, 11) is 0. The zero-order chi connectivity index (χ0) is 19.2. The van der Waals surface area contributed by atoms with Crippen molar-refractivity contribution in [3.63, 3.8) is 0 Å². The Balaban J connectivity index is 1.82. The van der Waals surface area contributed by atoms with Crippen LogP contribution in [0.15, 0.2) is 58.7 Å². The second-order valence-electron chi connectivity index (χ2n) is 6.42. The number of benzene rings is 2. The molecular weight excluding hydrogens is 378 g/mol. The van der Waals surface area contributed by atoms with Crippen LogP contribution < -0.4 is 0 Å². The van der Waals surface area contributed by atoms with Gasteiger partial charge in [-0.05, 0) is 42.2 Å². The average Bonchev–Trinajstić information content (AvgIpc) is 2.95. The number of hydrogen-bond acceptors (Lipinski definition) is 4. The maximum atomic E-state index is 12.8. The molecule has 0 aliphatic carbocycles. The maximum absolute atomic E-state index is 12.8. The van der Waals surface area contributed by atoms with Gasteiger partial charge in [0, 0.05) is 5.02 Å². The number of carbonyl (C=O) groups is 1. The van der Waals surface area contributed by atoms with E-state index in [9.17, 15) is 4.79 Å². The number of amides is 1. The van der Waals surface area contributed by atoms with Gasteiger partial charge in [-0.2, -0.15) is 5.10 Å². The van der Waals surface area contributed by atoms with E-state index in [0.29, 0.717) is 16.7 Å². The van der Waals surface area contributed by atoms with E-state index in [1.54, 1.807) is 11.1 Å². The molecule has 0 bridgehead atoms. The number of amidine groups is 1. The summed E-state index contributed by atoms with van der Waals surface area (Å²) >= 11 is 7.41. The number of thioether (sulfide) groups is 1. The zero-order valence-corrected chi connectivity index (χ0v) is 17.0. The molecular formula is C21H22ClN3OS. The molecule has 0 saturated carbocycles. The van der Waals surface area contributed by atoms with Crippen molar-refractivity contribution in [2.24, 2.45) is 10.2 Å². The largest absolute Gasteiger partial charge is 0.284 e. The minimum Gasteiger partial charge on any atom is -0.284 e. The van der Waals surface area contributed by atoms with E-state index in [-0.39, 0.29) is 11.2 Å². The van der Waals surface area contributed by atoms with Crippen molar-refractivity contribution < 1.29 is 4.79 Å². The van der Waals surface area contributed by atoms with Gasteiger partial charge in [0.15, 0.2) is 5.17 Å². The molecule has 4 nitrogen and oxygen atoms in total. The lowest BCUT2D eigenvalue weighted by molar-refractivity contribution is -0.126. The zero-order valence-electron chi connectivity index (χ0n) is 15.4. The monoisotopic (exact) mass is 399 g/mol. The quantitative estimate of drug-likeness (QED) is 0.489. The summed E-state index contributed by atoms with van der Waals surface area (Å²) in [6.07, 6.45) is 3.48. The van der Waals surface area contributed by atoms with Gasteiger partial charge in [0.1, 0.15) is 0 Å². The van der Waals surface area contributed by atoms with Crippen molar-refractivity contribution >= 4 is 40.7 Å². The second-order valence-corrected chi connectivity index (χ2v) is 8.03. The molecule has 1 atom stereocenters. The molecule has 1 saturated heterocycles. The van der Waals surface area contributed by atoms with Crippen LogP contribution in [0.1, 0.15) is 36.5 Å². The molecule has 27 heavy (non-hydrogen) atoms. The third kappa shape index (κ3) is 4.99. The molecule has 3 rings (SSSR count). The summed E-state index contributed by atoms with van der Waals surface area (Å²) < 4.78 is 0. The Morgan fingerprint density at radius 3 is 2.63 bits per heavy atom. The number of hydrogen-bond donors (Lipinski definition) is 0. The van der Waals surface area contributed by atoms with E-state index < -0.39 is 0 Å². The Labute approximate surface area is 169 Å². The van der Waals surface area contributed by atoms with Crippen LogP contribution in [-0.4, -0.2) is 27.4 Å². The number of nitrogens with zero attached hydrogens (tertiary/aromatic N) is 3. The maximum Gasteiger partial charge on any atom is 0.242 e. The highest BCUT2D eigenvalue weighted by Gasteiger charge is 2.37. The van der Waals surface area contributed by atoms with Gasteiger partial charge in [0.2, 0.25) is 5.91 Å². The summed E-state index contributed by atoms with van der Waals surface area (Å²) in [6, 6.07) is 15.5. The first-order chi connectivity index (χ1) is 13.1. The highest BCUT2D eigenvalue weighted by Crippen LogP contribution is 2.32. The van der Waals surface area contributed by atoms with Crippen LogP contribution in [0.2, 0.25) is 5.02 Å². The van der Waals surface area contributed by atoms with Gasteiger partial charge in [0.05, 0.1) is 18.0 Å². The fourth-order valence-electron chi connectivity index (χ4n) is 2.83. The summed E-state index contributed by atoms with van der Waals surface area (Å²) in [4.78, 5) is 14.6. The van der Waals surface area contributed by atoms with Crippen molar-refractivity contribution in [3.8, 4) is 0 Å². The number of aryl methyl sites for hydroxylation is 1. The molecule has 1 aliphatic heterocycles. The summed E-state index contributed by atoms with van der Waals surface area (Å²) in [5.74, 6) is 0.116. The van der Waals surface area contributed by atoms with E-state index in [1.165, 1.54) is 17.3 Å². The van der Waals surface area contributed by atoms with Crippen LogP contribution in [0.25, 0.3) is 0 Å². The van der Waals surface area contributed by atoms with Crippen molar-refractivity contribution in [3.05, 3.63) is 70.2 Å². The second kappa shape index (κ2) is 9.20. The van der Waals surface area contributed by atoms with Gasteiger partial charge >= 0.3 is 0 Å². The minimum atomic E-state index is -0.0801. The molecule has 0 aromatic heterocycles. The Kier molecular flexibility index (Phi) is 6.69. The Morgan fingerprint density at radius 1 is 1.19 bits per heavy atom. The van der Waals surface area contributed by atoms with Gasteiger partial charge in [-0.15, -0.1) is 5.10 Å². The van der Waals surface area contributed by atoms with Crippen LogP contribution >= 0.6 is 23.4 Å². The number of carbonyl (C=O) groups excluding carboxylic acids is 1. The number of rotatable bonds is 6. The summed E-state index contributed by atoms with van der Waals surface area (Å²) in [6.45, 7) is 4.67. The van der Waals surface area contributed by atoms with Gasteiger partial charge in [-0.3, -0.25) is 9.69 Å². The molecule has 6 heteroatoms. The third-order valence-corrected chi connectivity index (χ3v) is 5.87. The first-order valence-corrected chi connectivity index (χ1v) is 10.2. The molecule has 2 aromatic rings. The molecule has 0 N–H and O–H groups in total. The number of halogens is 1. The molecule has 0 radical (unpaired) electrons. The predicted octanol–water partition coefficient (Wildman–Crippen LogP) is 5.28. The molecule has 0 spiro atoms. The predicted molar refractivity (Wildman–Crippen MR) is 114 cm³/mol. The first-order valence-electron chi connectivity index (χ1n) is 8.97. The first kappa shape index (κ1) is 19.6. The van der Waals surface area contributed by atoms with Gasteiger partial charge in [-0.1, -0.05) is 73.1 Å². The molecule has 0 unspecified atom stereocenters. The van der Waals surface area contributed by atoms with E-state index in [4.69, 9.17) is 11.6 Å². The van der Waals surface area contributed by atoms with Crippen molar-refractivity contribution in [1.82, 2.24) is 4.90 Å². The van der Waals surface area contributed by atoms with Crippen LogP contribution in [0.4, 0.5) is 0 Å². The van der Waals surface area contributed by atoms with Crippen molar-refractivity contribution in [1.29, 1.82) is 0 Å². The van der Waals surface area contributed by atoms with Gasteiger partial charge in [0.25, 0.3) is 0 Å². The lowest BCUT2D eigenvalue weighted by Gasteiger charge is -2.17. The highest BCUT2D eigenvalue weighted by molar-refractivity contribution is 8.15. The molecule has 1 aliphatic rings. The topological polar surface area (TPSA) is 45.0 Å². The summed E-state index contributed by atoms with van der Waals surface area (Å²) in [5.41, 5.74) is 3.20. The molecule has 1 amide bonds. The van der Waals surface area contributed by atoms with Crippen LogP contribution in [0.5, 0.6) is 0 Å². The van der Waals surface area contributed by atoms with E-state index in [0.717, 1.165) is 24.0 Å². The third-order valence-electron chi connectivity index (χ3n) is 4.38. The Morgan fingerprint density at radius 2 is 1.93 bits per heavy atom. The van der Waals surface area contributed by atoms with E-state index in [2.05, 4.69) is 36.2 Å². The summed E-state index contributed by atoms with van der Waals surface area (Å²) in [5, 5.41) is 9.82. The SMILES string of the molecule is CCC[C@@H]1S/C(=N\N=C/c2ccc(Cl)cc2)N(Cc2ccccc2C)C1=O. The highest BCUT2D eigenvalue weighted by atomic mass is 35.5. The molecule has 1 heterocycles. The normalized spacial score (nSPS) is 18.8.